The second-order valence-electron chi connectivity index (χ2n) is 4.93. The first-order valence-electron chi connectivity index (χ1n) is 5.51. The molecule has 2 aliphatic carbocycles. The molecule has 6 heteroatoms. The number of rotatable bonds is 0. The number of aliphatic hydroxyl groups is 6. The topological polar surface area (TPSA) is 121 Å². The summed E-state index contributed by atoms with van der Waals surface area (Å²) in [4.78, 5) is 0. The van der Waals surface area contributed by atoms with Gasteiger partial charge in [0.1, 0.15) is 35.6 Å². The van der Waals surface area contributed by atoms with Gasteiger partial charge in [-0.05, 0) is 12.8 Å². The number of hydrogen-bond donors (Lipinski definition) is 6. The highest BCUT2D eigenvalue weighted by atomic mass is 16.4. The summed E-state index contributed by atoms with van der Waals surface area (Å²) in [5.41, 5.74) is -3.91. The number of hydrogen-bond acceptors (Lipinski definition) is 6. The van der Waals surface area contributed by atoms with Gasteiger partial charge in [-0.15, -0.1) is 0 Å². The zero-order valence-corrected chi connectivity index (χ0v) is 8.82. The van der Waals surface area contributed by atoms with Gasteiger partial charge in [0.15, 0.2) is 0 Å². The molecule has 2 saturated carbocycles. The van der Waals surface area contributed by atoms with E-state index in [0.29, 0.717) is 12.8 Å². The van der Waals surface area contributed by atoms with E-state index in [4.69, 9.17) is 0 Å². The van der Waals surface area contributed by atoms with Crippen LogP contribution >= 0.6 is 0 Å². The van der Waals surface area contributed by atoms with Crippen LogP contribution in [0.5, 0.6) is 0 Å². The van der Waals surface area contributed by atoms with Crippen LogP contribution in [0.25, 0.3) is 0 Å². The summed E-state index contributed by atoms with van der Waals surface area (Å²) < 4.78 is 0. The second-order valence-corrected chi connectivity index (χ2v) is 4.93. The highest BCUT2D eigenvalue weighted by Crippen LogP contribution is 2.47. The van der Waals surface area contributed by atoms with E-state index in [-0.39, 0.29) is 12.8 Å². The van der Waals surface area contributed by atoms with Crippen LogP contribution in [-0.2, 0) is 0 Å². The molecule has 0 aromatic heterocycles. The van der Waals surface area contributed by atoms with Gasteiger partial charge in [0.2, 0.25) is 0 Å². The van der Waals surface area contributed by atoms with Crippen molar-refractivity contribution < 1.29 is 30.6 Å². The van der Waals surface area contributed by atoms with Crippen molar-refractivity contribution in [3.05, 3.63) is 0 Å². The quantitative estimate of drug-likeness (QED) is 0.275. The van der Waals surface area contributed by atoms with Crippen molar-refractivity contribution in [1.82, 2.24) is 0 Å². The fraction of sp³-hybridized carbons (Fsp3) is 1.00. The average molecular weight is 234 g/mol. The normalized spacial score (nSPS) is 58.1. The lowest BCUT2D eigenvalue weighted by Crippen LogP contribution is -2.78. The molecule has 0 bridgehead atoms. The van der Waals surface area contributed by atoms with E-state index < -0.39 is 35.6 Å². The van der Waals surface area contributed by atoms with Crippen molar-refractivity contribution in [3.8, 4) is 0 Å². The Labute approximate surface area is 92.8 Å². The van der Waals surface area contributed by atoms with Gasteiger partial charge in [0.25, 0.3) is 0 Å². The zero-order chi connectivity index (χ0) is 12.1. The van der Waals surface area contributed by atoms with Gasteiger partial charge in [-0.2, -0.15) is 0 Å². The van der Waals surface area contributed by atoms with Crippen molar-refractivity contribution in [3.63, 3.8) is 0 Å². The van der Waals surface area contributed by atoms with Crippen LogP contribution in [0.4, 0.5) is 0 Å². The first-order chi connectivity index (χ1) is 7.34. The largest absolute Gasteiger partial charge is 0.387 e. The molecule has 16 heavy (non-hydrogen) atoms. The Hall–Kier alpha value is -0.240. The molecular weight excluding hydrogens is 216 g/mol. The molecule has 0 heterocycles. The van der Waals surface area contributed by atoms with Gasteiger partial charge in [-0.1, -0.05) is 12.8 Å². The predicted octanol–water partition coefficient (Wildman–Crippen LogP) is -2.52. The van der Waals surface area contributed by atoms with Crippen LogP contribution in [0.3, 0.4) is 0 Å². The first-order valence-corrected chi connectivity index (χ1v) is 5.51. The number of fused-ring (bicyclic) bond motifs is 1. The SMILES string of the molecule is O[C@@H]1[C@@H](O)[C@H](O)[C@]2(O)CCCC[C@@]2(O)[C@@H]1O. The third kappa shape index (κ3) is 1.28. The number of aliphatic hydroxyl groups excluding tert-OH is 4. The van der Waals surface area contributed by atoms with E-state index in [9.17, 15) is 30.6 Å². The summed E-state index contributed by atoms with van der Waals surface area (Å²) in [7, 11) is 0. The Balaban J connectivity index is 2.42. The molecule has 0 aliphatic heterocycles. The first kappa shape index (κ1) is 12.2. The summed E-state index contributed by atoms with van der Waals surface area (Å²) in [6.07, 6.45) is -5.27. The molecule has 6 N–H and O–H groups in total. The van der Waals surface area contributed by atoms with Crippen LogP contribution < -0.4 is 0 Å². The lowest BCUT2D eigenvalue weighted by molar-refractivity contribution is -0.323. The van der Waals surface area contributed by atoms with Crippen LogP contribution in [0.1, 0.15) is 25.7 Å². The Morgan fingerprint density at radius 1 is 0.688 bits per heavy atom. The fourth-order valence-electron chi connectivity index (χ4n) is 2.97. The van der Waals surface area contributed by atoms with Crippen molar-refractivity contribution in [2.75, 3.05) is 0 Å². The molecule has 0 aromatic carbocycles. The molecule has 6 atom stereocenters. The molecule has 2 fully saturated rings. The summed E-state index contributed by atoms with van der Waals surface area (Å²) in [6, 6.07) is 0. The van der Waals surface area contributed by atoms with Gasteiger partial charge in [-0.3, -0.25) is 0 Å². The third-order valence-electron chi connectivity index (χ3n) is 4.09. The van der Waals surface area contributed by atoms with Gasteiger partial charge < -0.3 is 30.6 Å². The van der Waals surface area contributed by atoms with Gasteiger partial charge in [-0.25, -0.2) is 0 Å². The van der Waals surface area contributed by atoms with E-state index >= 15 is 0 Å². The van der Waals surface area contributed by atoms with Crippen LogP contribution in [0.2, 0.25) is 0 Å². The third-order valence-corrected chi connectivity index (χ3v) is 4.09. The molecule has 2 rings (SSSR count). The Morgan fingerprint density at radius 2 is 1.00 bits per heavy atom. The van der Waals surface area contributed by atoms with E-state index in [1.165, 1.54) is 0 Å². The van der Waals surface area contributed by atoms with E-state index in [0.717, 1.165) is 0 Å². The van der Waals surface area contributed by atoms with Crippen molar-refractivity contribution in [2.45, 2.75) is 61.3 Å². The molecular formula is C10H18O6. The molecule has 0 aromatic rings. The predicted molar refractivity (Wildman–Crippen MR) is 52.4 cm³/mol. The lowest BCUT2D eigenvalue weighted by atomic mass is 9.59. The molecule has 94 valence electrons. The molecule has 0 amide bonds. The van der Waals surface area contributed by atoms with Gasteiger partial charge in [0.05, 0.1) is 0 Å². The van der Waals surface area contributed by atoms with Crippen LogP contribution in [0.15, 0.2) is 0 Å². The van der Waals surface area contributed by atoms with Gasteiger partial charge >= 0.3 is 0 Å². The zero-order valence-electron chi connectivity index (χ0n) is 8.82. The van der Waals surface area contributed by atoms with Crippen LogP contribution in [-0.4, -0.2) is 66.3 Å². The molecule has 6 nitrogen and oxygen atoms in total. The highest BCUT2D eigenvalue weighted by Gasteiger charge is 2.66. The van der Waals surface area contributed by atoms with Gasteiger partial charge in [0, 0.05) is 0 Å². The van der Waals surface area contributed by atoms with Crippen molar-refractivity contribution >= 4 is 0 Å². The Bertz CT molecular complexity index is 256. The average Bonchev–Trinajstić information content (AvgIpc) is 2.27. The maximum Gasteiger partial charge on any atom is 0.124 e. The van der Waals surface area contributed by atoms with E-state index in [2.05, 4.69) is 0 Å². The molecule has 0 radical (unpaired) electrons. The lowest BCUT2D eigenvalue weighted by Gasteiger charge is -2.57. The highest BCUT2D eigenvalue weighted by molar-refractivity contribution is 5.18. The monoisotopic (exact) mass is 234 g/mol. The van der Waals surface area contributed by atoms with Crippen molar-refractivity contribution in [2.24, 2.45) is 0 Å². The standard InChI is InChI=1S/C10H18O6/c11-5-6(12)8(14)10(16)4-2-1-3-9(10,15)7(5)13/h5-8,11-16H,1-4H2/t5-,6-,7-,8+,9-,10-/m1/s1. The maximum absolute atomic E-state index is 10.2. The molecule has 0 spiro atoms. The summed E-state index contributed by atoms with van der Waals surface area (Å²) in [5, 5.41) is 59.0. The second kappa shape index (κ2) is 3.63. The maximum atomic E-state index is 10.2. The minimum atomic E-state index is -1.96. The smallest absolute Gasteiger partial charge is 0.124 e. The molecule has 0 saturated heterocycles. The fourth-order valence-corrected chi connectivity index (χ4v) is 2.97. The summed E-state index contributed by atoms with van der Waals surface area (Å²) >= 11 is 0. The Morgan fingerprint density at radius 3 is 1.31 bits per heavy atom. The van der Waals surface area contributed by atoms with E-state index in [1.807, 2.05) is 0 Å². The van der Waals surface area contributed by atoms with Crippen LogP contribution in [0, 0.1) is 0 Å². The summed E-state index contributed by atoms with van der Waals surface area (Å²) in [6.45, 7) is 0. The Kier molecular flexibility index (Phi) is 2.77. The van der Waals surface area contributed by atoms with E-state index in [1.54, 1.807) is 0 Å². The molecule has 0 unspecified atom stereocenters. The van der Waals surface area contributed by atoms with Crippen molar-refractivity contribution in [1.29, 1.82) is 0 Å². The minimum absolute atomic E-state index is 0.0888. The summed E-state index contributed by atoms with van der Waals surface area (Å²) in [5.74, 6) is 0. The minimum Gasteiger partial charge on any atom is -0.387 e. The molecule has 2 aliphatic rings.